The summed E-state index contributed by atoms with van der Waals surface area (Å²) in [5.41, 5.74) is 3.58. The second-order valence-electron chi connectivity index (χ2n) is 12.7. The van der Waals surface area contributed by atoms with Crippen LogP contribution in [0.4, 0.5) is 0 Å². The van der Waals surface area contributed by atoms with E-state index in [1.54, 1.807) is 18.2 Å². The van der Waals surface area contributed by atoms with Crippen LogP contribution in [0.5, 0.6) is 0 Å². The Balaban J connectivity index is 0.865. The molecule has 10 heteroatoms. The van der Waals surface area contributed by atoms with Gasteiger partial charge in [-0.25, -0.2) is 4.79 Å². The summed E-state index contributed by atoms with van der Waals surface area (Å²) in [6, 6.07) is 12.2. The molecule has 8 nitrogen and oxygen atoms in total. The van der Waals surface area contributed by atoms with Gasteiger partial charge in [-0.1, -0.05) is 51.7 Å². The van der Waals surface area contributed by atoms with E-state index < -0.39 is 5.97 Å². The van der Waals surface area contributed by atoms with Gasteiger partial charge in [0.05, 0.1) is 34.2 Å². The highest BCUT2D eigenvalue weighted by Gasteiger charge is 3.11. The molecule has 7 fully saturated rings. The molecular formula is C31H23Cl2N3O5. The van der Waals surface area contributed by atoms with E-state index in [2.05, 4.69) is 10.3 Å². The molecule has 206 valence electrons. The highest BCUT2D eigenvalue weighted by molar-refractivity contribution is 6.39. The summed E-state index contributed by atoms with van der Waals surface area (Å²) >= 11 is 13.1. The summed E-state index contributed by atoms with van der Waals surface area (Å²) in [7, 11) is 0. The van der Waals surface area contributed by atoms with Crippen LogP contribution in [0, 0.1) is 40.9 Å². The molecule has 2 aromatic heterocycles. The van der Waals surface area contributed by atoms with Crippen LogP contribution >= 0.6 is 23.2 Å². The van der Waals surface area contributed by atoms with Gasteiger partial charge in [-0.2, -0.15) is 4.98 Å². The van der Waals surface area contributed by atoms with Crippen LogP contribution in [0.25, 0.3) is 22.6 Å². The van der Waals surface area contributed by atoms with Gasteiger partial charge < -0.3 is 18.9 Å². The lowest BCUT2D eigenvalue weighted by atomic mass is 8.92. The van der Waals surface area contributed by atoms with E-state index >= 15 is 0 Å². The highest BCUT2D eigenvalue weighted by atomic mass is 35.5. The SMILES string of the molecule is O=C(O)c1cccc(-c2noc(C34C5C6C3C3C4C5C63COCc3c(-c4c(Cl)cccc4Cl)noc3C3CC3)n2)c1. The number of ether oxygens (including phenoxy) is 1. The molecule has 0 atom stereocenters. The number of hydrogen-bond acceptors (Lipinski definition) is 7. The van der Waals surface area contributed by atoms with Crippen LogP contribution in [0.15, 0.2) is 51.5 Å². The zero-order chi connectivity index (χ0) is 27.4. The molecule has 41 heavy (non-hydrogen) atoms. The van der Waals surface area contributed by atoms with Gasteiger partial charge in [-0.15, -0.1) is 0 Å². The number of hydrogen-bond donors (Lipinski definition) is 1. The summed E-state index contributed by atoms with van der Waals surface area (Å²) in [6.07, 6.45) is 2.20. The van der Waals surface area contributed by atoms with Crippen LogP contribution in [0.1, 0.15) is 46.3 Å². The van der Waals surface area contributed by atoms with Crippen molar-refractivity contribution in [2.24, 2.45) is 40.9 Å². The van der Waals surface area contributed by atoms with Gasteiger partial charge in [-0.05, 0) is 72.6 Å². The van der Waals surface area contributed by atoms with Gasteiger partial charge in [0.2, 0.25) is 11.7 Å². The lowest BCUT2D eigenvalue weighted by Crippen LogP contribution is -3.11. The van der Waals surface area contributed by atoms with E-state index in [1.807, 2.05) is 24.3 Å². The first kappa shape index (κ1) is 23.4. The van der Waals surface area contributed by atoms with Crippen LogP contribution in [0.2, 0.25) is 10.0 Å². The van der Waals surface area contributed by atoms with E-state index in [9.17, 15) is 9.90 Å². The number of benzene rings is 2. The molecule has 0 aliphatic heterocycles. The first-order valence-electron chi connectivity index (χ1n) is 14.2. The van der Waals surface area contributed by atoms with Gasteiger partial charge in [0, 0.05) is 28.0 Å². The molecule has 0 radical (unpaired) electrons. The molecule has 0 unspecified atom stereocenters. The minimum atomic E-state index is -0.971. The number of halogens is 2. The largest absolute Gasteiger partial charge is 0.478 e. The molecule has 0 saturated heterocycles. The summed E-state index contributed by atoms with van der Waals surface area (Å²) < 4.78 is 18.1. The first-order chi connectivity index (χ1) is 20.0. The Morgan fingerprint density at radius 1 is 0.976 bits per heavy atom. The third-order valence-electron chi connectivity index (χ3n) is 11.6. The van der Waals surface area contributed by atoms with Crippen LogP contribution in [-0.2, 0) is 16.8 Å². The van der Waals surface area contributed by atoms with Crippen LogP contribution in [-0.4, -0.2) is 33.0 Å². The quantitative estimate of drug-likeness (QED) is 0.237. The molecule has 7 aliphatic carbocycles. The highest BCUT2D eigenvalue weighted by Crippen LogP contribution is 3.09. The molecule has 7 aliphatic rings. The molecule has 1 N–H and O–H groups in total. The fraction of sp³-hybridized carbons (Fsp3) is 0.419. The zero-order valence-electron chi connectivity index (χ0n) is 21.6. The number of nitrogens with zero attached hydrogens (tertiary/aromatic N) is 3. The lowest BCUT2D eigenvalue weighted by molar-refractivity contribution is -0.635. The second-order valence-corrected chi connectivity index (χ2v) is 13.6. The Labute approximate surface area is 244 Å². The van der Waals surface area contributed by atoms with Gasteiger partial charge in [0.25, 0.3) is 0 Å². The summed E-state index contributed by atoms with van der Waals surface area (Å²) in [6.45, 7) is 1.18. The number of rotatable bonds is 9. The average Bonchev–Trinajstić information content (AvgIpc) is 3.55. The predicted molar refractivity (Wildman–Crippen MR) is 145 cm³/mol. The van der Waals surface area contributed by atoms with E-state index in [1.165, 1.54) is 0 Å². The van der Waals surface area contributed by atoms with E-state index in [4.69, 9.17) is 42.0 Å². The maximum absolute atomic E-state index is 11.4. The molecule has 4 aromatic rings. The average molecular weight is 588 g/mol. The van der Waals surface area contributed by atoms with Crippen molar-refractivity contribution in [2.75, 3.05) is 6.61 Å². The summed E-state index contributed by atoms with van der Waals surface area (Å²) in [5, 5.41) is 19.1. The van der Waals surface area contributed by atoms with Crippen LogP contribution < -0.4 is 0 Å². The molecule has 7 saturated carbocycles. The number of carboxylic acids is 1. The third kappa shape index (κ3) is 2.45. The van der Waals surface area contributed by atoms with Gasteiger partial charge in [0.15, 0.2) is 0 Å². The fourth-order valence-corrected chi connectivity index (χ4v) is 10.7. The third-order valence-corrected chi connectivity index (χ3v) is 12.2. The molecular weight excluding hydrogens is 565 g/mol. The maximum atomic E-state index is 11.4. The smallest absolute Gasteiger partial charge is 0.335 e. The van der Waals surface area contributed by atoms with Gasteiger partial charge in [-0.3, -0.25) is 0 Å². The maximum Gasteiger partial charge on any atom is 0.335 e. The van der Waals surface area contributed by atoms with Crippen molar-refractivity contribution in [3.63, 3.8) is 0 Å². The molecule has 0 bridgehead atoms. The van der Waals surface area contributed by atoms with Crippen molar-refractivity contribution in [3.05, 3.63) is 75.3 Å². The van der Waals surface area contributed by atoms with E-state index in [0.29, 0.717) is 86.1 Å². The number of aromatic carboxylic acids is 1. The minimum Gasteiger partial charge on any atom is -0.478 e. The van der Waals surface area contributed by atoms with Crippen molar-refractivity contribution in [1.29, 1.82) is 0 Å². The summed E-state index contributed by atoms with van der Waals surface area (Å²) in [5.74, 6) is 5.31. The van der Waals surface area contributed by atoms with Crippen molar-refractivity contribution < 1.29 is 23.7 Å². The Morgan fingerprint density at radius 3 is 2.37 bits per heavy atom. The summed E-state index contributed by atoms with van der Waals surface area (Å²) in [4.78, 5) is 16.2. The Bertz CT molecular complexity index is 1750. The zero-order valence-corrected chi connectivity index (χ0v) is 23.1. The van der Waals surface area contributed by atoms with Crippen molar-refractivity contribution in [3.8, 4) is 22.6 Å². The fourth-order valence-electron chi connectivity index (χ4n) is 10.2. The van der Waals surface area contributed by atoms with Crippen LogP contribution in [0.3, 0.4) is 0 Å². The van der Waals surface area contributed by atoms with Gasteiger partial charge >= 0.3 is 5.97 Å². The molecule has 0 amide bonds. The topological polar surface area (TPSA) is 111 Å². The molecule has 2 aromatic carbocycles. The van der Waals surface area contributed by atoms with Crippen molar-refractivity contribution in [2.45, 2.75) is 30.8 Å². The Kier molecular flexibility index (Phi) is 4.22. The van der Waals surface area contributed by atoms with Gasteiger partial charge in [0.1, 0.15) is 11.5 Å². The second kappa shape index (κ2) is 7.41. The number of aromatic nitrogens is 3. The number of carbonyl (C=O) groups is 1. The number of carboxylic acid groups (broad SMARTS) is 1. The normalized spacial score (nSPS) is 36.0. The molecule has 0 spiro atoms. The van der Waals surface area contributed by atoms with E-state index in [-0.39, 0.29) is 11.0 Å². The molecule has 2 heterocycles. The standard InChI is InChI=1S/C31H23Cl2N3O5/c32-16-5-2-6-17(33)18(16)25-15(26(40-35-25)12-7-8-12)10-39-11-30-19-22-20(30)24-21(30)23(19)31(22,24)29-34-27(36-41-29)13-3-1-4-14(9-13)28(37)38/h1-6,9,12,19-24H,7-8,10-11H2,(H,37,38). The van der Waals surface area contributed by atoms with Crippen molar-refractivity contribution in [1.82, 2.24) is 15.3 Å². The predicted octanol–water partition coefficient (Wildman–Crippen LogP) is 6.48. The van der Waals surface area contributed by atoms with E-state index in [0.717, 1.165) is 36.7 Å². The molecule has 11 rings (SSSR count). The monoisotopic (exact) mass is 587 g/mol. The first-order valence-corrected chi connectivity index (χ1v) is 14.9. The Morgan fingerprint density at radius 2 is 1.68 bits per heavy atom. The lowest BCUT2D eigenvalue weighted by Gasteiger charge is -3.10. The Hall–Kier alpha value is -3.20. The minimum absolute atomic E-state index is 0.0407. The van der Waals surface area contributed by atoms with Crippen molar-refractivity contribution >= 4 is 29.2 Å².